The number of hydrogen-bond donors (Lipinski definition) is 2. The molecule has 4 nitrogen and oxygen atoms in total. The van der Waals surface area contributed by atoms with Crippen LogP contribution in [0.4, 0.5) is 15.8 Å². The number of nitrogens with one attached hydrogen (secondary N) is 1. The number of aryl methyl sites for hydroxylation is 1. The van der Waals surface area contributed by atoms with E-state index in [1.165, 1.54) is 31.7 Å². The minimum Gasteiger partial charge on any atom is -0.397 e. The van der Waals surface area contributed by atoms with E-state index >= 15 is 0 Å². The van der Waals surface area contributed by atoms with Gasteiger partial charge in [0.05, 0.1) is 17.5 Å². The molecule has 1 heterocycles. The zero-order chi connectivity index (χ0) is 18.7. The maximum absolute atomic E-state index is 13.6. The van der Waals surface area contributed by atoms with Crippen LogP contribution in [0.25, 0.3) is 0 Å². The number of nitrogens with two attached hydrogens (primary N) is 1. The van der Waals surface area contributed by atoms with Crippen molar-refractivity contribution in [3.8, 4) is 0 Å². The van der Waals surface area contributed by atoms with Crippen molar-refractivity contribution in [1.29, 1.82) is 0 Å². The number of anilines is 2. The van der Waals surface area contributed by atoms with Gasteiger partial charge in [-0.1, -0.05) is 0 Å². The van der Waals surface area contributed by atoms with Gasteiger partial charge in [0.2, 0.25) is 0 Å². The Bertz CT molecular complexity index is 606. The average Bonchev–Trinajstić information content (AvgIpc) is 2.62. The molecule has 2 fully saturated rings. The lowest BCUT2D eigenvalue weighted by atomic mass is 9.79. The van der Waals surface area contributed by atoms with Crippen LogP contribution in [0.5, 0.6) is 0 Å². The monoisotopic (exact) mass is 363 g/mol. The number of ether oxygens (including phenoxy) is 1. The second-order valence-corrected chi connectivity index (χ2v) is 8.25. The van der Waals surface area contributed by atoms with Gasteiger partial charge in [0, 0.05) is 31.3 Å². The number of halogens is 1. The highest BCUT2D eigenvalue weighted by molar-refractivity contribution is 5.67. The van der Waals surface area contributed by atoms with Gasteiger partial charge in [0.25, 0.3) is 0 Å². The number of rotatable bonds is 5. The highest BCUT2D eigenvalue weighted by Crippen LogP contribution is 2.36. The maximum atomic E-state index is 13.6. The Morgan fingerprint density at radius 3 is 2.50 bits per heavy atom. The molecule has 0 spiro atoms. The van der Waals surface area contributed by atoms with Gasteiger partial charge in [-0.05, 0) is 77.0 Å². The SMILES string of the molecule is CCO[C@H]1CC[C@](C)(N2CCC(Nc3cc(C)c(F)cc3N)CC2)CC1. The van der Waals surface area contributed by atoms with Crippen LogP contribution in [0.1, 0.15) is 57.9 Å². The molecule has 0 atom stereocenters. The lowest BCUT2D eigenvalue weighted by molar-refractivity contribution is -0.0242. The molecule has 26 heavy (non-hydrogen) atoms. The van der Waals surface area contributed by atoms with Crippen molar-refractivity contribution in [1.82, 2.24) is 4.90 Å². The largest absolute Gasteiger partial charge is 0.397 e. The molecule has 5 heteroatoms. The van der Waals surface area contributed by atoms with Crippen LogP contribution in [0.15, 0.2) is 12.1 Å². The highest BCUT2D eigenvalue weighted by Gasteiger charge is 2.38. The van der Waals surface area contributed by atoms with E-state index in [2.05, 4.69) is 24.1 Å². The predicted octanol–water partition coefficient (Wildman–Crippen LogP) is 4.33. The summed E-state index contributed by atoms with van der Waals surface area (Å²) in [4.78, 5) is 2.67. The van der Waals surface area contributed by atoms with Gasteiger partial charge in [0.15, 0.2) is 0 Å². The van der Waals surface area contributed by atoms with E-state index in [0.717, 1.165) is 38.2 Å². The molecule has 1 saturated carbocycles. The summed E-state index contributed by atoms with van der Waals surface area (Å²) in [7, 11) is 0. The smallest absolute Gasteiger partial charge is 0.128 e. The van der Waals surface area contributed by atoms with Gasteiger partial charge in [0.1, 0.15) is 5.82 Å². The van der Waals surface area contributed by atoms with Crippen molar-refractivity contribution in [3.05, 3.63) is 23.5 Å². The Hall–Kier alpha value is -1.33. The number of nitrogens with zero attached hydrogens (tertiary/aromatic N) is 1. The summed E-state index contributed by atoms with van der Waals surface area (Å²) in [5.74, 6) is -0.238. The van der Waals surface area contributed by atoms with Gasteiger partial charge in [-0.25, -0.2) is 4.39 Å². The zero-order valence-corrected chi connectivity index (χ0v) is 16.5. The second kappa shape index (κ2) is 8.13. The molecule has 0 radical (unpaired) electrons. The summed E-state index contributed by atoms with van der Waals surface area (Å²) in [6.45, 7) is 9.32. The molecule has 3 rings (SSSR count). The lowest BCUT2D eigenvalue weighted by Crippen LogP contribution is -2.53. The van der Waals surface area contributed by atoms with Crippen molar-refractivity contribution in [2.24, 2.45) is 0 Å². The van der Waals surface area contributed by atoms with Gasteiger partial charge in [-0.3, -0.25) is 4.90 Å². The molecule has 1 aromatic carbocycles. The Morgan fingerprint density at radius 1 is 1.23 bits per heavy atom. The van der Waals surface area contributed by atoms with Crippen molar-refractivity contribution >= 4 is 11.4 Å². The van der Waals surface area contributed by atoms with E-state index in [1.807, 2.05) is 6.07 Å². The van der Waals surface area contributed by atoms with Crippen LogP contribution in [-0.2, 0) is 4.74 Å². The molecule has 1 saturated heterocycles. The maximum Gasteiger partial charge on any atom is 0.128 e. The van der Waals surface area contributed by atoms with E-state index in [-0.39, 0.29) is 5.82 Å². The molecule has 0 aromatic heterocycles. The van der Waals surface area contributed by atoms with Crippen molar-refractivity contribution in [2.75, 3.05) is 30.7 Å². The van der Waals surface area contributed by atoms with Crippen LogP contribution in [-0.4, -0.2) is 42.3 Å². The highest BCUT2D eigenvalue weighted by atomic mass is 19.1. The summed E-state index contributed by atoms with van der Waals surface area (Å²) in [5.41, 5.74) is 8.30. The van der Waals surface area contributed by atoms with Crippen molar-refractivity contribution in [2.45, 2.75) is 77.0 Å². The first-order chi connectivity index (χ1) is 12.4. The third-order valence-electron chi connectivity index (χ3n) is 6.36. The third kappa shape index (κ3) is 4.32. The van der Waals surface area contributed by atoms with Crippen molar-refractivity contribution in [3.63, 3.8) is 0 Å². The van der Waals surface area contributed by atoms with E-state index < -0.39 is 0 Å². The fourth-order valence-corrected chi connectivity index (χ4v) is 4.54. The van der Waals surface area contributed by atoms with E-state index in [9.17, 15) is 4.39 Å². The van der Waals surface area contributed by atoms with Crippen molar-refractivity contribution < 1.29 is 9.13 Å². The first-order valence-corrected chi connectivity index (χ1v) is 10.1. The first kappa shape index (κ1) is 19.4. The third-order valence-corrected chi connectivity index (χ3v) is 6.36. The standard InChI is InChI=1S/C21H34FN3O/c1-4-26-17-5-9-21(3,10-6-17)25-11-7-16(8-12-25)24-20-13-15(2)18(22)14-19(20)23/h13-14,16-17,24H,4-12,23H2,1-3H3/t17-,21-. The Labute approximate surface area is 157 Å². The number of likely N-dealkylation sites (tertiary alicyclic amines) is 1. The molecule has 1 aliphatic heterocycles. The van der Waals surface area contributed by atoms with Gasteiger partial charge < -0.3 is 15.8 Å². The number of hydrogen-bond acceptors (Lipinski definition) is 4. The number of piperidine rings is 1. The molecule has 0 unspecified atom stereocenters. The van der Waals surface area contributed by atoms with Crippen LogP contribution < -0.4 is 11.1 Å². The van der Waals surface area contributed by atoms with E-state index in [4.69, 9.17) is 10.5 Å². The molecule has 1 aromatic rings. The minimum absolute atomic E-state index is 0.238. The first-order valence-electron chi connectivity index (χ1n) is 10.1. The van der Waals surface area contributed by atoms with Gasteiger partial charge in [-0.15, -0.1) is 0 Å². The normalized spacial score (nSPS) is 28.2. The summed E-state index contributed by atoms with van der Waals surface area (Å²) >= 11 is 0. The molecular weight excluding hydrogens is 329 g/mol. The molecule has 0 bridgehead atoms. The average molecular weight is 364 g/mol. The minimum atomic E-state index is -0.238. The predicted molar refractivity (Wildman–Crippen MR) is 106 cm³/mol. The fraction of sp³-hybridized carbons (Fsp3) is 0.714. The fourth-order valence-electron chi connectivity index (χ4n) is 4.54. The molecular formula is C21H34FN3O. The van der Waals surface area contributed by atoms with Gasteiger partial charge >= 0.3 is 0 Å². The number of nitrogen functional groups attached to an aromatic ring is 1. The molecule has 1 aliphatic carbocycles. The van der Waals surface area contributed by atoms with Crippen LogP contribution in [0.2, 0.25) is 0 Å². The summed E-state index contributed by atoms with van der Waals surface area (Å²) in [6, 6.07) is 3.65. The van der Waals surface area contributed by atoms with Crippen LogP contribution in [0, 0.1) is 12.7 Å². The second-order valence-electron chi connectivity index (χ2n) is 8.25. The molecule has 146 valence electrons. The quantitative estimate of drug-likeness (QED) is 0.765. The Kier molecular flexibility index (Phi) is 6.08. The summed E-state index contributed by atoms with van der Waals surface area (Å²) < 4.78 is 19.4. The zero-order valence-electron chi connectivity index (χ0n) is 16.5. The topological polar surface area (TPSA) is 50.5 Å². The summed E-state index contributed by atoms with van der Waals surface area (Å²) in [5, 5.41) is 3.54. The lowest BCUT2D eigenvalue weighted by Gasteiger charge is -2.48. The summed E-state index contributed by atoms with van der Waals surface area (Å²) in [6.07, 6.45) is 7.44. The van der Waals surface area contributed by atoms with Crippen LogP contribution >= 0.6 is 0 Å². The molecule has 3 N–H and O–H groups in total. The molecule has 0 amide bonds. The van der Waals surface area contributed by atoms with E-state index in [0.29, 0.717) is 28.9 Å². The molecule has 2 aliphatic rings. The van der Waals surface area contributed by atoms with Crippen LogP contribution in [0.3, 0.4) is 0 Å². The number of benzene rings is 1. The van der Waals surface area contributed by atoms with E-state index in [1.54, 1.807) is 6.92 Å². The Morgan fingerprint density at radius 2 is 1.88 bits per heavy atom. The van der Waals surface area contributed by atoms with Gasteiger partial charge in [-0.2, -0.15) is 0 Å². The Balaban J connectivity index is 1.52.